The van der Waals surface area contributed by atoms with E-state index in [0.29, 0.717) is 24.5 Å². The molecule has 1 saturated carbocycles. The van der Waals surface area contributed by atoms with Gasteiger partial charge in [-0.2, -0.15) is 0 Å². The van der Waals surface area contributed by atoms with E-state index in [1.54, 1.807) is 0 Å². The average Bonchev–Trinajstić information content (AvgIpc) is 2.77. The second-order valence-electron chi connectivity index (χ2n) is 6.88. The molecule has 0 bridgehead atoms. The Morgan fingerprint density at radius 2 is 1.52 bits per heavy atom. The van der Waals surface area contributed by atoms with Crippen LogP contribution in [0.15, 0.2) is 24.3 Å². The van der Waals surface area contributed by atoms with Gasteiger partial charge in [0.05, 0.1) is 0 Å². The summed E-state index contributed by atoms with van der Waals surface area (Å²) in [6.07, 6.45) is 8.22. The van der Waals surface area contributed by atoms with Crippen molar-refractivity contribution in [3.63, 3.8) is 0 Å². The largest absolute Gasteiger partial charge is 0.329 e. The molecule has 1 unspecified atom stereocenters. The third kappa shape index (κ3) is 4.31. The zero-order valence-corrected chi connectivity index (χ0v) is 14.0. The van der Waals surface area contributed by atoms with Crippen LogP contribution >= 0.6 is 0 Å². The Kier molecular flexibility index (Phi) is 6.25. The maximum atomic E-state index is 6.11. The van der Waals surface area contributed by atoms with E-state index in [0.717, 1.165) is 0 Å². The standard InChI is InChI=1S/C19H32N2/c1-15(2)16-10-12-17(13-11-16)19(14-20)21(3)18-8-6-4-5-7-9-18/h10-13,15,18-19H,4-9,14,20H2,1-3H3. The lowest BCUT2D eigenvalue weighted by molar-refractivity contribution is 0.161. The highest BCUT2D eigenvalue weighted by Gasteiger charge is 2.24. The smallest absolute Gasteiger partial charge is 0.0470 e. The molecule has 0 saturated heterocycles. The minimum absolute atomic E-state index is 0.356. The van der Waals surface area contributed by atoms with Gasteiger partial charge < -0.3 is 5.73 Å². The Hall–Kier alpha value is -0.860. The molecule has 1 fully saturated rings. The molecule has 0 amide bonds. The van der Waals surface area contributed by atoms with Crippen LogP contribution in [0, 0.1) is 0 Å². The number of hydrogen-bond acceptors (Lipinski definition) is 2. The van der Waals surface area contributed by atoms with Gasteiger partial charge in [0.25, 0.3) is 0 Å². The fourth-order valence-corrected chi connectivity index (χ4v) is 3.56. The molecule has 0 heterocycles. The third-order valence-electron chi connectivity index (χ3n) is 5.10. The van der Waals surface area contributed by atoms with Crippen molar-refractivity contribution in [1.29, 1.82) is 0 Å². The molecule has 1 aromatic carbocycles. The van der Waals surface area contributed by atoms with Crippen LogP contribution in [0.2, 0.25) is 0 Å². The van der Waals surface area contributed by atoms with Gasteiger partial charge in [0.2, 0.25) is 0 Å². The predicted molar refractivity (Wildman–Crippen MR) is 91.6 cm³/mol. The first-order valence-electron chi connectivity index (χ1n) is 8.65. The van der Waals surface area contributed by atoms with Crippen LogP contribution in [0.3, 0.4) is 0 Å². The first-order valence-corrected chi connectivity index (χ1v) is 8.65. The fraction of sp³-hybridized carbons (Fsp3) is 0.684. The molecular formula is C19H32N2. The molecular weight excluding hydrogens is 256 g/mol. The average molecular weight is 288 g/mol. The Balaban J connectivity index is 2.09. The van der Waals surface area contributed by atoms with Crippen LogP contribution in [-0.2, 0) is 0 Å². The van der Waals surface area contributed by atoms with E-state index < -0.39 is 0 Å². The number of likely N-dealkylation sites (N-methyl/N-ethyl adjacent to an activating group) is 1. The molecule has 2 N–H and O–H groups in total. The first kappa shape index (κ1) is 16.5. The highest BCUT2D eigenvalue weighted by molar-refractivity contribution is 5.27. The van der Waals surface area contributed by atoms with E-state index in [1.165, 1.54) is 49.7 Å². The Labute approximate surface area is 130 Å². The summed E-state index contributed by atoms with van der Waals surface area (Å²) in [5.74, 6) is 0.593. The summed E-state index contributed by atoms with van der Waals surface area (Å²) in [5.41, 5.74) is 8.89. The summed E-state index contributed by atoms with van der Waals surface area (Å²) in [7, 11) is 2.27. The highest BCUT2D eigenvalue weighted by atomic mass is 15.2. The van der Waals surface area contributed by atoms with Crippen LogP contribution in [0.25, 0.3) is 0 Å². The number of benzene rings is 1. The number of hydrogen-bond donors (Lipinski definition) is 1. The number of nitrogens with zero attached hydrogens (tertiary/aromatic N) is 1. The van der Waals surface area contributed by atoms with Crippen molar-refractivity contribution in [3.8, 4) is 0 Å². The second kappa shape index (κ2) is 7.95. The van der Waals surface area contributed by atoms with Crippen molar-refractivity contribution >= 4 is 0 Å². The Morgan fingerprint density at radius 1 is 1.00 bits per heavy atom. The maximum Gasteiger partial charge on any atom is 0.0470 e. The zero-order chi connectivity index (χ0) is 15.2. The van der Waals surface area contributed by atoms with Crippen molar-refractivity contribution in [2.45, 2.75) is 70.4 Å². The monoisotopic (exact) mass is 288 g/mol. The van der Waals surface area contributed by atoms with E-state index in [9.17, 15) is 0 Å². The summed E-state index contributed by atoms with van der Waals surface area (Å²) in [4.78, 5) is 2.54. The summed E-state index contributed by atoms with van der Waals surface area (Å²) < 4.78 is 0. The molecule has 2 nitrogen and oxygen atoms in total. The SMILES string of the molecule is CC(C)c1ccc(C(CN)N(C)C2CCCCCC2)cc1. The van der Waals surface area contributed by atoms with Gasteiger partial charge >= 0.3 is 0 Å². The van der Waals surface area contributed by atoms with Crippen LogP contribution < -0.4 is 5.73 Å². The molecule has 2 heteroatoms. The molecule has 1 aliphatic carbocycles. The predicted octanol–water partition coefficient (Wildman–Crippen LogP) is 4.46. The van der Waals surface area contributed by atoms with Crippen molar-refractivity contribution in [2.75, 3.05) is 13.6 Å². The normalized spacial score (nSPS) is 19.0. The van der Waals surface area contributed by atoms with Gasteiger partial charge in [0.15, 0.2) is 0 Å². The maximum absolute atomic E-state index is 6.11. The van der Waals surface area contributed by atoms with E-state index in [-0.39, 0.29) is 0 Å². The van der Waals surface area contributed by atoms with Crippen LogP contribution in [0.1, 0.15) is 75.5 Å². The Morgan fingerprint density at radius 3 is 2.00 bits per heavy atom. The molecule has 21 heavy (non-hydrogen) atoms. The van der Waals surface area contributed by atoms with Crippen molar-refractivity contribution < 1.29 is 0 Å². The lowest BCUT2D eigenvalue weighted by atomic mass is 9.97. The van der Waals surface area contributed by atoms with Crippen LogP contribution in [0.4, 0.5) is 0 Å². The van der Waals surface area contributed by atoms with Gasteiger partial charge in [-0.25, -0.2) is 0 Å². The molecule has 0 aliphatic heterocycles. The summed E-state index contributed by atoms with van der Waals surface area (Å²) in [6.45, 7) is 5.19. The second-order valence-corrected chi connectivity index (χ2v) is 6.88. The molecule has 118 valence electrons. The van der Waals surface area contributed by atoms with Crippen LogP contribution in [-0.4, -0.2) is 24.5 Å². The van der Waals surface area contributed by atoms with E-state index in [1.807, 2.05) is 0 Å². The lowest BCUT2D eigenvalue weighted by Crippen LogP contribution is -2.38. The molecule has 1 aliphatic rings. The molecule has 1 atom stereocenters. The molecule has 0 spiro atoms. The van der Waals surface area contributed by atoms with Crippen molar-refractivity contribution in [2.24, 2.45) is 5.73 Å². The summed E-state index contributed by atoms with van der Waals surface area (Å²) in [6, 6.07) is 10.1. The minimum atomic E-state index is 0.356. The quantitative estimate of drug-likeness (QED) is 0.810. The fourth-order valence-electron chi connectivity index (χ4n) is 3.56. The number of rotatable bonds is 5. The lowest BCUT2D eigenvalue weighted by Gasteiger charge is -2.34. The van der Waals surface area contributed by atoms with Gasteiger partial charge in [-0.1, -0.05) is 63.8 Å². The third-order valence-corrected chi connectivity index (χ3v) is 5.10. The van der Waals surface area contributed by atoms with Gasteiger partial charge in [-0.3, -0.25) is 4.90 Å². The zero-order valence-electron chi connectivity index (χ0n) is 14.0. The van der Waals surface area contributed by atoms with Crippen molar-refractivity contribution in [1.82, 2.24) is 4.90 Å². The topological polar surface area (TPSA) is 29.3 Å². The molecule has 1 aromatic rings. The molecule has 2 rings (SSSR count). The Bertz CT molecular complexity index is 402. The van der Waals surface area contributed by atoms with Crippen molar-refractivity contribution in [3.05, 3.63) is 35.4 Å². The summed E-state index contributed by atoms with van der Waals surface area (Å²) >= 11 is 0. The highest BCUT2D eigenvalue weighted by Crippen LogP contribution is 2.28. The van der Waals surface area contributed by atoms with Gasteiger partial charge in [-0.15, -0.1) is 0 Å². The molecule has 0 radical (unpaired) electrons. The molecule has 0 aromatic heterocycles. The first-order chi connectivity index (χ1) is 10.1. The minimum Gasteiger partial charge on any atom is -0.329 e. The summed E-state index contributed by atoms with van der Waals surface area (Å²) in [5, 5.41) is 0. The van der Waals surface area contributed by atoms with Crippen LogP contribution in [0.5, 0.6) is 0 Å². The van der Waals surface area contributed by atoms with Gasteiger partial charge in [0.1, 0.15) is 0 Å². The van der Waals surface area contributed by atoms with Gasteiger partial charge in [0, 0.05) is 18.6 Å². The number of nitrogens with two attached hydrogens (primary N) is 1. The van der Waals surface area contributed by atoms with E-state index in [2.05, 4.69) is 50.1 Å². The van der Waals surface area contributed by atoms with E-state index >= 15 is 0 Å². The van der Waals surface area contributed by atoms with Gasteiger partial charge in [-0.05, 0) is 36.9 Å². The van der Waals surface area contributed by atoms with E-state index in [4.69, 9.17) is 5.73 Å².